The molecule has 0 aliphatic heterocycles. The molecule has 6 heteroatoms. The second kappa shape index (κ2) is 5.77. The maximum Gasteiger partial charge on any atom is 0.256 e. The molecule has 112 valence electrons. The summed E-state index contributed by atoms with van der Waals surface area (Å²) in [4.78, 5) is 16.5. The molecule has 1 unspecified atom stereocenters. The van der Waals surface area contributed by atoms with Gasteiger partial charge in [0.15, 0.2) is 5.58 Å². The lowest BCUT2D eigenvalue weighted by Gasteiger charge is -2.11. The molecule has 0 saturated carbocycles. The van der Waals surface area contributed by atoms with Crippen LogP contribution in [0.15, 0.2) is 46.9 Å². The van der Waals surface area contributed by atoms with E-state index in [-0.39, 0.29) is 10.6 Å². The maximum atomic E-state index is 13.7. The van der Waals surface area contributed by atoms with Gasteiger partial charge in [-0.05, 0) is 31.2 Å². The van der Waals surface area contributed by atoms with Crippen molar-refractivity contribution in [3.05, 3.63) is 64.8 Å². The summed E-state index contributed by atoms with van der Waals surface area (Å²) in [6.07, 6.45) is 0. The van der Waals surface area contributed by atoms with Crippen LogP contribution in [-0.2, 0) is 0 Å². The Morgan fingerprint density at radius 2 is 2.05 bits per heavy atom. The summed E-state index contributed by atoms with van der Waals surface area (Å²) in [5.41, 5.74) is 1.14. The first-order chi connectivity index (χ1) is 10.6. The SMILES string of the molecule is CC(NC(=O)c1c(F)cccc1Cl)c1nc2ccccc2o1. The number of amides is 1. The van der Waals surface area contributed by atoms with Crippen molar-refractivity contribution in [2.24, 2.45) is 0 Å². The molecule has 1 atom stereocenters. The smallest absolute Gasteiger partial charge is 0.256 e. The lowest BCUT2D eigenvalue weighted by molar-refractivity contribution is 0.0930. The van der Waals surface area contributed by atoms with Crippen molar-refractivity contribution in [3.63, 3.8) is 0 Å². The van der Waals surface area contributed by atoms with E-state index in [4.69, 9.17) is 16.0 Å². The van der Waals surface area contributed by atoms with Crippen molar-refractivity contribution in [1.29, 1.82) is 0 Å². The van der Waals surface area contributed by atoms with Crippen LogP contribution in [0.2, 0.25) is 5.02 Å². The van der Waals surface area contributed by atoms with Crippen LogP contribution in [0.5, 0.6) is 0 Å². The largest absolute Gasteiger partial charge is 0.438 e. The second-order valence-electron chi connectivity index (χ2n) is 4.81. The molecule has 3 aromatic rings. The first kappa shape index (κ1) is 14.5. The third-order valence-electron chi connectivity index (χ3n) is 3.22. The number of fused-ring (bicyclic) bond motifs is 1. The van der Waals surface area contributed by atoms with Crippen molar-refractivity contribution in [1.82, 2.24) is 10.3 Å². The van der Waals surface area contributed by atoms with E-state index in [0.29, 0.717) is 17.0 Å². The van der Waals surface area contributed by atoms with Gasteiger partial charge < -0.3 is 9.73 Å². The van der Waals surface area contributed by atoms with Crippen LogP contribution in [-0.4, -0.2) is 10.9 Å². The topological polar surface area (TPSA) is 55.1 Å². The van der Waals surface area contributed by atoms with Gasteiger partial charge in [-0.15, -0.1) is 0 Å². The van der Waals surface area contributed by atoms with Crippen LogP contribution in [0.1, 0.15) is 29.2 Å². The molecule has 0 aliphatic rings. The van der Waals surface area contributed by atoms with Crippen molar-refractivity contribution in [2.45, 2.75) is 13.0 Å². The van der Waals surface area contributed by atoms with Gasteiger partial charge in [-0.1, -0.05) is 29.8 Å². The fourth-order valence-corrected chi connectivity index (χ4v) is 2.37. The zero-order valence-corrected chi connectivity index (χ0v) is 12.4. The molecule has 2 aromatic carbocycles. The van der Waals surface area contributed by atoms with E-state index in [1.165, 1.54) is 18.2 Å². The second-order valence-corrected chi connectivity index (χ2v) is 5.22. The van der Waals surface area contributed by atoms with Gasteiger partial charge in [0.25, 0.3) is 5.91 Å². The van der Waals surface area contributed by atoms with Crippen LogP contribution < -0.4 is 5.32 Å². The van der Waals surface area contributed by atoms with Crippen LogP contribution >= 0.6 is 11.6 Å². The fraction of sp³-hybridized carbons (Fsp3) is 0.125. The summed E-state index contributed by atoms with van der Waals surface area (Å²) in [5, 5.41) is 2.69. The van der Waals surface area contributed by atoms with E-state index in [0.717, 1.165) is 0 Å². The predicted octanol–water partition coefficient (Wildman–Crippen LogP) is 4.11. The number of halogens is 2. The number of hydrogen-bond donors (Lipinski definition) is 1. The number of nitrogens with zero attached hydrogens (tertiary/aromatic N) is 1. The lowest BCUT2D eigenvalue weighted by atomic mass is 10.2. The molecule has 22 heavy (non-hydrogen) atoms. The van der Waals surface area contributed by atoms with Gasteiger partial charge in [0.2, 0.25) is 5.89 Å². The van der Waals surface area contributed by atoms with Crippen molar-refractivity contribution in [3.8, 4) is 0 Å². The van der Waals surface area contributed by atoms with E-state index < -0.39 is 17.8 Å². The molecule has 4 nitrogen and oxygen atoms in total. The highest BCUT2D eigenvalue weighted by atomic mass is 35.5. The van der Waals surface area contributed by atoms with Gasteiger partial charge in [-0.2, -0.15) is 0 Å². The number of rotatable bonds is 3. The minimum atomic E-state index is -0.672. The Hall–Kier alpha value is -2.40. The van der Waals surface area contributed by atoms with Gasteiger partial charge in [0, 0.05) is 0 Å². The normalized spacial score (nSPS) is 12.3. The number of oxazole rings is 1. The Bertz CT molecular complexity index is 794. The summed E-state index contributed by atoms with van der Waals surface area (Å²) in [7, 11) is 0. The lowest BCUT2D eigenvalue weighted by Crippen LogP contribution is -2.28. The molecule has 0 bridgehead atoms. The van der Waals surface area contributed by atoms with Crippen molar-refractivity contribution in [2.75, 3.05) is 0 Å². The maximum absolute atomic E-state index is 13.7. The quantitative estimate of drug-likeness (QED) is 0.790. The highest BCUT2D eigenvalue weighted by molar-refractivity contribution is 6.33. The van der Waals surface area contributed by atoms with E-state index in [1.807, 2.05) is 18.2 Å². The van der Waals surface area contributed by atoms with Gasteiger partial charge in [-0.25, -0.2) is 9.37 Å². The molecule has 0 spiro atoms. The van der Waals surface area contributed by atoms with Crippen LogP contribution in [0.4, 0.5) is 4.39 Å². The summed E-state index contributed by atoms with van der Waals surface area (Å²) < 4.78 is 19.3. The average Bonchev–Trinajstić information content (AvgIpc) is 2.91. The number of carbonyl (C=O) groups is 1. The molecular formula is C16H12ClFN2O2. The first-order valence-corrected chi connectivity index (χ1v) is 7.04. The number of carbonyl (C=O) groups excluding carboxylic acids is 1. The molecule has 0 radical (unpaired) electrons. The Morgan fingerprint density at radius 3 is 2.77 bits per heavy atom. The highest BCUT2D eigenvalue weighted by Crippen LogP contribution is 2.22. The first-order valence-electron chi connectivity index (χ1n) is 6.66. The Labute approximate surface area is 130 Å². The minimum absolute atomic E-state index is 0.0577. The molecule has 1 heterocycles. The van der Waals surface area contributed by atoms with E-state index in [9.17, 15) is 9.18 Å². The zero-order valence-electron chi connectivity index (χ0n) is 11.6. The van der Waals surface area contributed by atoms with Gasteiger partial charge in [-0.3, -0.25) is 4.79 Å². The van der Waals surface area contributed by atoms with E-state index in [2.05, 4.69) is 10.3 Å². The van der Waals surface area contributed by atoms with E-state index in [1.54, 1.807) is 13.0 Å². The van der Waals surface area contributed by atoms with Crippen molar-refractivity contribution < 1.29 is 13.6 Å². The summed E-state index contributed by atoms with van der Waals surface area (Å²) in [6.45, 7) is 1.71. The number of aromatic nitrogens is 1. The van der Waals surface area contributed by atoms with Gasteiger partial charge >= 0.3 is 0 Å². The third kappa shape index (κ3) is 2.67. The minimum Gasteiger partial charge on any atom is -0.438 e. The molecule has 3 rings (SSSR count). The predicted molar refractivity (Wildman–Crippen MR) is 81.3 cm³/mol. The fourth-order valence-electron chi connectivity index (χ4n) is 2.12. The summed E-state index contributed by atoms with van der Waals surface area (Å²) in [6, 6.07) is 10.8. The summed E-state index contributed by atoms with van der Waals surface area (Å²) >= 11 is 5.88. The monoisotopic (exact) mass is 318 g/mol. The van der Waals surface area contributed by atoms with E-state index >= 15 is 0 Å². The van der Waals surface area contributed by atoms with Gasteiger partial charge in [0.05, 0.1) is 10.6 Å². The Kier molecular flexibility index (Phi) is 3.81. The van der Waals surface area contributed by atoms with Crippen molar-refractivity contribution >= 4 is 28.6 Å². The zero-order chi connectivity index (χ0) is 15.7. The highest BCUT2D eigenvalue weighted by Gasteiger charge is 2.20. The average molecular weight is 319 g/mol. The number of nitrogens with one attached hydrogen (secondary N) is 1. The molecule has 0 fully saturated rings. The Balaban J connectivity index is 1.84. The number of para-hydroxylation sites is 2. The molecule has 1 amide bonds. The molecule has 0 saturated heterocycles. The molecule has 1 N–H and O–H groups in total. The molecule has 0 aliphatic carbocycles. The number of hydrogen-bond acceptors (Lipinski definition) is 3. The summed E-state index contributed by atoms with van der Waals surface area (Å²) in [5.74, 6) is -0.936. The van der Waals surface area contributed by atoms with Gasteiger partial charge in [0.1, 0.15) is 17.4 Å². The van der Waals surface area contributed by atoms with Crippen LogP contribution in [0.3, 0.4) is 0 Å². The standard InChI is InChI=1S/C16H12ClFN2O2/c1-9(16-20-12-7-2-3-8-13(12)22-16)19-15(21)14-10(17)5-4-6-11(14)18/h2-9H,1H3,(H,19,21). The third-order valence-corrected chi connectivity index (χ3v) is 3.53. The van der Waals surface area contributed by atoms with Crippen LogP contribution in [0.25, 0.3) is 11.1 Å². The molecule has 1 aromatic heterocycles. The number of benzene rings is 2. The molecular weight excluding hydrogens is 307 g/mol. The Morgan fingerprint density at radius 1 is 1.27 bits per heavy atom. The van der Waals surface area contributed by atoms with Crippen LogP contribution in [0, 0.1) is 5.82 Å².